The van der Waals surface area contributed by atoms with E-state index in [1.807, 2.05) is 25.7 Å². The smallest absolute Gasteiger partial charge is 0.414 e. The number of hydrogen-bond acceptors (Lipinski definition) is 10. The van der Waals surface area contributed by atoms with E-state index < -0.39 is 35.0 Å². The van der Waals surface area contributed by atoms with Crippen LogP contribution in [0.25, 0.3) is 32.9 Å². The second-order valence-electron chi connectivity index (χ2n) is 18.0. The van der Waals surface area contributed by atoms with Gasteiger partial charge in [0.2, 0.25) is 0 Å². The summed E-state index contributed by atoms with van der Waals surface area (Å²) in [6.07, 6.45) is 7.71. The molecule has 6 atom stereocenters. The van der Waals surface area contributed by atoms with E-state index in [0.29, 0.717) is 48.2 Å². The maximum Gasteiger partial charge on any atom is 0.414 e. The molecule has 2 amide bonds. The van der Waals surface area contributed by atoms with E-state index in [2.05, 4.69) is 22.6 Å². The first kappa shape index (κ1) is 39.1. The number of alkyl halides is 1. The number of amides is 2. The molecule has 7 heterocycles. The van der Waals surface area contributed by atoms with Crippen molar-refractivity contribution in [3.05, 3.63) is 47.2 Å². The number of anilines is 1. The lowest BCUT2D eigenvalue weighted by molar-refractivity contribution is 0.00489. The molecular formula is C44H48F3N7O5. The summed E-state index contributed by atoms with van der Waals surface area (Å²) in [5.74, 6) is 1.31. The Morgan fingerprint density at radius 2 is 1.88 bits per heavy atom. The molecule has 2 bridgehead atoms. The number of hydrogen-bond donors (Lipinski definition) is 0. The second kappa shape index (κ2) is 14.1. The van der Waals surface area contributed by atoms with Crippen LogP contribution in [0.4, 0.5) is 28.6 Å². The van der Waals surface area contributed by atoms with Gasteiger partial charge in [0, 0.05) is 44.6 Å². The molecule has 0 spiro atoms. The number of ether oxygens (including phenoxy) is 3. The number of aromatic nitrogens is 3. The summed E-state index contributed by atoms with van der Waals surface area (Å²) < 4.78 is 66.0. The van der Waals surface area contributed by atoms with Crippen molar-refractivity contribution in [2.24, 2.45) is 5.92 Å². The van der Waals surface area contributed by atoms with Crippen molar-refractivity contribution >= 4 is 39.7 Å². The molecule has 0 saturated carbocycles. The third kappa shape index (κ3) is 6.54. The highest BCUT2D eigenvalue weighted by Gasteiger charge is 2.53. The highest BCUT2D eigenvalue weighted by Crippen LogP contribution is 2.48. The zero-order chi connectivity index (χ0) is 41.7. The van der Waals surface area contributed by atoms with Crippen molar-refractivity contribution in [2.45, 2.75) is 102 Å². The van der Waals surface area contributed by atoms with Crippen LogP contribution in [0.1, 0.15) is 71.1 Å². The van der Waals surface area contributed by atoms with Crippen LogP contribution in [-0.4, -0.2) is 118 Å². The Balaban J connectivity index is 1.24. The van der Waals surface area contributed by atoms with Crippen LogP contribution in [0.15, 0.2) is 24.3 Å². The molecule has 9 rings (SSSR count). The second-order valence-corrected chi connectivity index (χ2v) is 18.0. The lowest BCUT2D eigenvalue weighted by atomic mass is 9.88. The van der Waals surface area contributed by atoms with E-state index in [-0.39, 0.29) is 76.2 Å². The van der Waals surface area contributed by atoms with E-state index in [4.69, 9.17) is 35.6 Å². The fourth-order valence-corrected chi connectivity index (χ4v) is 10.4. The van der Waals surface area contributed by atoms with Gasteiger partial charge in [-0.1, -0.05) is 18.9 Å². The Kier molecular flexibility index (Phi) is 9.37. The SMILES string of the molecule is C#Cc1c(F)ccc2cc(OC(=O)N(C)C)cc(-c3nc4c5c(nc(OC[C@@]67CCCN6C[C@H](F)C7)nc5c3F)N3C[C@H]5CC[C@@H]([C@@H]3[C@@H](C)C4)N5C(=O)OC(C)(C)C)c12. The Bertz CT molecular complexity index is 2450. The van der Waals surface area contributed by atoms with Gasteiger partial charge in [0.1, 0.15) is 47.0 Å². The highest BCUT2D eigenvalue weighted by molar-refractivity contribution is 6.04. The molecule has 2 aromatic carbocycles. The van der Waals surface area contributed by atoms with E-state index in [0.717, 1.165) is 32.2 Å². The molecule has 0 radical (unpaired) electrons. The summed E-state index contributed by atoms with van der Waals surface area (Å²) in [6, 6.07) is 4.95. The zero-order valence-corrected chi connectivity index (χ0v) is 34.2. The van der Waals surface area contributed by atoms with Crippen LogP contribution in [0, 0.1) is 29.9 Å². The molecule has 4 fully saturated rings. The molecule has 0 unspecified atom stereocenters. The van der Waals surface area contributed by atoms with Gasteiger partial charge in [0.05, 0.1) is 40.3 Å². The zero-order valence-electron chi connectivity index (χ0n) is 34.2. The number of nitrogens with zero attached hydrogens (tertiary/aromatic N) is 7. The average molecular weight is 812 g/mol. The normalized spacial score (nSPS) is 26.1. The lowest BCUT2D eigenvalue weighted by Crippen LogP contribution is -2.63. The molecule has 310 valence electrons. The van der Waals surface area contributed by atoms with Crippen LogP contribution in [0.3, 0.4) is 0 Å². The number of piperazine rings is 1. The molecular weight excluding hydrogens is 764 g/mol. The topological polar surface area (TPSA) is 113 Å². The van der Waals surface area contributed by atoms with Crippen molar-refractivity contribution < 1.29 is 37.0 Å². The Morgan fingerprint density at radius 3 is 2.63 bits per heavy atom. The number of rotatable bonds is 5. The van der Waals surface area contributed by atoms with Gasteiger partial charge >= 0.3 is 18.2 Å². The van der Waals surface area contributed by atoms with Crippen molar-refractivity contribution in [3.63, 3.8) is 0 Å². The Morgan fingerprint density at radius 1 is 1.08 bits per heavy atom. The van der Waals surface area contributed by atoms with E-state index >= 15 is 8.78 Å². The van der Waals surface area contributed by atoms with E-state index in [9.17, 15) is 14.0 Å². The molecule has 4 aromatic rings. The molecule has 0 N–H and O–H groups in total. The first-order chi connectivity index (χ1) is 28.1. The largest absolute Gasteiger partial charge is 0.461 e. The first-order valence-electron chi connectivity index (χ1n) is 20.4. The summed E-state index contributed by atoms with van der Waals surface area (Å²) in [5.41, 5.74) is -0.927. The summed E-state index contributed by atoms with van der Waals surface area (Å²) in [6.45, 7) is 9.26. The van der Waals surface area contributed by atoms with Crippen molar-refractivity contribution in [1.29, 1.82) is 0 Å². The monoisotopic (exact) mass is 811 g/mol. The van der Waals surface area contributed by atoms with Gasteiger partial charge in [-0.2, -0.15) is 9.97 Å². The van der Waals surface area contributed by atoms with Gasteiger partial charge in [-0.25, -0.2) is 27.7 Å². The predicted molar refractivity (Wildman–Crippen MR) is 215 cm³/mol. The number of halogens is 3. The number of pyridine rings is 1. The Hall–Kier alpha value is -5.36. The van der Waals surface area contributed by atoms with Gasteiger partial charge < -0.3 is 24.0 Å². The van der Waals surface area contributed by atoms with Crippen LogP contribution in [0.5, 0.6) is 11.8 Å². The number of fused-ring (bicyclic) bond motifs is 7. The van der Waals surface area contributed by atoms with Gasteiger partial charge in [0.15, 0.2) is 5.82 Å². The number of terminal acetylenes is 1. The third-order valence-electron chi connectivity index (χ3n) is 12.7. The van der Waals surface area contributed by atoms with Crippen molar-refractivity contribution in [1.82, 2.24) is 29.7 Å². The van der Waals surface area contributed by atoms with E-state index in [1.165, 1.54) is 37.2 Å². The predicted octanol–water partition coefficient (Wildman–Crippen LogP) is 7.27. The van der Waals surface area contributed by atoms with Crippen LogP contribution in [-0.2, 0) is 11.2 Å². The molecule has 2 aromatic heterocycles. The van der Waals surface area contributed by atoms with Crippen LogP contribution < -0.4 is 14.4 Å². The minimum Gasteiger partial charge on any atom is -0.461 e. The molecule has 5 aliphatic rings. The van der Waals surface area contributed by atoms with Crippen molar-refractivity contribution in [2.75, 3.05) is 45.2 Å². The number of carbonyl (C=O) groups is 2. The average Bonchev–Trinajstić information content (AvgIpc) is 3.78. The van der Waals surface area contributed by atoms with Crippen LogP contribution >= 0.6 is 0 Å². The maximum atomic E-state index is 17.8. The number of benzene rings is 2. The lowest BCUT2D eigenvalue weighted by Gasteiger charge is -2.49. The fourth-order valence-electron chi connectivity index (χ4n) is 10.4. The summed E-state index contributed by atoms with van der Waals surface area (Å²) >= 11 is 0. The Labute approximate surface area is 341 Å². The van der Waals surface area contributed by atoms with Gasteiger partial charge in [-0.05, 0) is 88.9 Å². The maximum absolute atomic E-state index is 17.8. The fraction of sp³-hybridized carbons (Fsp3) is 0.523. The molecule has 15 heteroatoms. The minimum absolute atomic E-state index is 0.0576. The van der Waals surface area contributed by atoms with Crippen molar-refractivity contribution in [3.8, 4) is 35.4 Å². The standard InChI is InChI=1S/C44H48F3N7O5/c1-8-28-30(46)12-10-24-17-27(58-41(55)51(6)7)18-29(33(24)28)36-35(47)37-34-31(48-36)16-23(2)38-32-13-11-26(54(32)42(56)59-43(3,4)5)21-53(38)39(34)50-40(49-37)57-22-44-14-9-15-52(44)20-25(45)19-44/h1,10,12,17-18,23,25-26,32,38H,9,11,13-16,19-22H2,2-7H3/t23-,25+,26+,32-,38-,44-/m0/s1. The molecule has 4 saturated heterocycles. The summed E-state index contributed by atoms with van der Waals surface area (Å²) in [5, 5.41) is 1.03. The third-order valence-corrected chi connectivity index (χ3v) is 12.7. The first-order valence-corrected chi connectivity index (χ1v) is 20.4. The van der Waals surface area contributed by atoms with Gasteiger partial charge in [-0.15, -0.1) is 6.42 Å². The van der Waals surface area contributed by atoms with Crippen LogP contribution in [0.2, 0.25) is 0 Å². The summed E-state index contributed by atoms with van der Waals surface area (Å²) in [4.78, 5) is 48.7. The highest BCUT2D eigenvalue weighted by atomic mass is 19.1. The van der Waals surface area contributed by atoms with Gasteiger partial charge in [-0.3, -0.25) is 9.80 Å². The summed E-state index contributed by atoms with van der Waals surface area (Å²) in [7, 11) is 3.07. The minimum atomic E-state index is -0.978. The number of carbonyl (C=O) groups excluding carboxylic acids is 2. The molecule has 12 nitrogen and oxygen atoms in total. The molecule has 59 heavy (non-hydrogen) atoms. The molecule has 5 aliphatic heterocycles. The molecule has 0 aliphatic carbocycles. The van der Waals surface area contributed by atoms with Gasteiger partial charge in [0.25, 0.3) is 0 Å². The van der Waals surface area contributed by atoms with E-state index in [1.54, 1.807) is 6.07 Å². The quantitative estimate of drug-likeness (QED) is 0.191.